The van der Waals surface area contributed by atoms with Crippen molar-refractivity contribution in [3.05, 3.63) is 47.9 Å². The minimum absolute atomic E-state index is 0.107. The number of ether oxygens (including phenoxy) is 1. The van der Waals surface area contributed by atoms with Crippen molar-refractivity contribution in [1.82, 2.24) is 10.2 Å². The maximum absolute atomic E-state index is 13.4. The third-order valence-corrected chi connectivity index (χ3v) is 10.2. The van der Waals surface area contributed by atoms with Crippen molar-refractivity contribution in [3.63, 3.8) is 0 Å². The molecule has 1 unspecified atom stereocenters. The normalized spacial score (nSPS) is 21.7. The first-order chi connectivity index (χ1) is 15.1. The molecule has 0 radical (unpaired) electrons. The summed E-state index contributed by atoms with van der Waals surface area (Å²) in [4.78, 5) is 2.29. The molecule has 1 aromatic carbocycles. The number of methoxy groups -OCH3 is 1. The third kappa shape index (κ3) is 5.19. The minimum atomic E-state index is -3.87. The second kappa shape index (κ2) is 9.94. The maximum atomic E-state index is 13.4. The van der Waals surface area contributed by atoms with Crippen LogP contribution in [0.1, 0.15) is 31.2 Å². The quantitative estimate of drug-likeness (QED) is 0.547. The molecule has 178 valence electrons. The predicted octanol–water partition coefficient (Wildman–Crippen LogP) is 2.21. The molecule has 0 amide bonds. The molecular formula is C22H32N2O6S2. The van der Waals surface area contributed by atoms with E-state index in [4.69, 9.17) is 9.15 Å². The van der Waals surface area contributed by atoms with E-state index in [2.05, 4.69) is 10.2 Å². The number of hydrogen-bond donors (Lipinski definition) is 1. The average molecular weight is 485 g/mol. The standard InChI is InChI=1S/C22H32N2O6S2/c1-5-24(6-2)19(21-8-7-11-30-21)13-23-18-14-31(25,26)15-22(18)32(27,28)17-9-10-20(29-4)16(3)12-17/h7-12,18-19,22-23H,5-6,13-15H2,1-4H3/t18-,19?,22-/m0/s1. The average Bonchev–Trinajstić information content (AvgIpc) is 3.38. The van der Waals surface area contributed by atoms with Crippen LogP contribution in [-0.2, 0) is 19.7 Å². The molecule has 32 heavy (non-hydrogen) atoms. The second-order valence-corrected chi connectivity index (χ2v) is 12.4. The largest absolute Gasteiger partial charge is 0.496 e. The molecule has 10 heteroatoms. The summed E-state index contributed by atoms with van der Waals surface area (Å²) >= 11 is 0. The molecule has 0 saturated carbocycles. The molecule has 1 N–H and O–H groups in total. The van der Waals surface area contributed by atoms with Crippen molar-refractivity contribution in [2.75, 3.05) is 38.2 Å². The van der Waals surface area contributed by atoms with Gasteiger partial charge in [0.25, 0.3) is 0 Å². The smallest absolute Gasteiger partial charge is 0.183 e. The van der Waals surface area contributed by atoms with Crippen LogP contribution in [-0.4, -0.2) is 71.3 Å². The first-order valence-corrected chi connectivity index (χ1v) is 14.1. The van der Waals surface area contributed by atoms with Crippen LogP contribution in [0, 0.1) is 6.92 Å². The molecule has 1 aliphatic rings. The third-order valence-electron chi connectivity index (χ3n) is 6.09. The van der Waals surface area contributed by atoms with Crippen LogP contribution in [0.4, 0.5) is 0 Å². The van der Waals surface area contributed by atoms with Gasteiger partial charge in [-0.05, 0) is 55.9 Å². The van der Waals surface area contributed by atoms with Gasteiger partial charge in [0.2, 0.25) is 0 Å². The molecule has 3 atom stereocenters. The topological polar surface area (TPSA) is 106 Å². The number of likely N-dealkylation sites (N-methyl/N-ethyl adjacent to an activating group) is 1. The van der Waals surface area contributed by atoms with E-state index in [1.54, 1.807) is 19.3 Å². The molecule has 2 heterocycles. The van der Waals surface area contributed by atoms with E-state index in [-0.39, 0.29) is 16.7 Å². The van der Waals surface area contributed by atoms with Gasteiger partial charge in [0, 0.05) is 12.6 Å². The zero-order chi connectivity index (χ0) is 23.5. The van der Waals surface area contributed by atoms with Gasteiger partial charge in [-0.15, -0.1) is 0 Å². The van der Waals surface area contributed by atoms with Crippen LogP contribution in [0.25, 0.3) is 0 Å². The van der Waals surface area contributed by atoms with Crippen molar-refractivity contribution in [3.8, 4) is 5.75 Å². The number of rotatable bonds is 10. The van der Waals surface area contributed by atoms with Gasteiger partial charge in [0.15, 0.2) is 19.7 Å². The lowest BCUT2D eigenvalue weighted by molar-refractivity contribution is 0.185. The molecule has 0 spiro atoms. The van der Waals surface area contributed by atoms with E-state index in [0.29, 0.717) is 17.9 Å². The lowest BCUT2D eigenvalue weighted by Crippen LogP contribution is -2.47. The van der Waals surface area contributed by atoms with Crippen molar-refractivity contribution < 1.29 is 26.0 Å². The van der Waals surface area contributed by atoms with Crippen molar-refractivity contribution in [2.45, 2.75) is 43.0 Å². The van der Waals surface area contributed by atoms with Gasteiger partial charge in [0.1, 0.15) is 11.5 Å². The van der Waals surface area contributed by atoms with Crippen LogP contribution in [0.2, 0.25) is 0 Å². The lowest BCUT2D eigenvalue weighted by Gasteiger charge is -2.30. The summed E-state index contributed by atoms with van der Waals surface area (Å²) in [6.07, 6.45) is 1.60. The summed E-state index contributed by atoms with van der Waals surface area (Å²) in [5.41, 5.74) is 0.679. The zero-order valence-electron chi connectivity index (χ0n) is 18.9. The number of hydrogen-bond acceptors (Lipinski definition) is 8. The van der Waals surface area contributed by atoms with Crippen LogP contribution in [0.3, 0.4) is 0 Å². The lowest BCUT2D eigenvalue weighted by atomic mass is 10.1. The van der Waals surface area contributed by atoms with E-state index in [9.17, 15) is 16.8 Å². The molecule has 1 aliphatic heterocycles. The SMILES string of the molecule is CCN(CC)C(CN[C@H]1CS(=O)(=O)C[C@@H]1S(=O)(=O)c1ccc(OC)c(C)c1)c1ccco1. The maximum Gasteiger partial charge on any atom is 0.183 e. The number of nitrogens with zero attached hydrogens (tertiary/aromatic N) is 1. The van der Waals surface area contributed by atoms with Gasteiger partial charge in [-0.3, -0.25) is 4.90 Å². The Labute approximate surface area is 190 Å². The Morgan fingerprint density at radius 3 is 2.50 bits per heavy atom. The summed E-state index contributed by atoms with van der Waals surface area (Å²) in [6.45, 7) is 7.77. The number of nitrogens with one attached hydrogen (secondary N) is 1. The number of aryl methyl sites for hydroxylation is 1. The molecule has 2 aromatic rings. The van der Waals surface area contributed by atoms with E-state index < -0.39 is 36.7 Å². The van der Waals surface area contributed by atoms with Crippen LogP contribution >= 0.6 is 0 Å². The van der Waals surface area contributed by atoms with Gasteiger partial charge in [-0.2, -0.15) is 0 Å². The first-order valence-electron chi connectivity index (χ1n) is 10.7. The fourth-order valence-electron chi connectivity index (χ4n) is 4.33. The summed E-state index contributed by atoms with van der Waals surface area (Å²) in [5, 5.41) is 2.19. The van der Waals surface area contributed by atoms with E-state index in [1.807, 2.05) is 26.0 Å². The van der Waals surface area contributed by atoms with Crippen LogP contribution < -0.4 is 10.1 Å². The Morgan fingerprint density at radius 1 is 1.22 bits per heavy atom. The number of sulfone groups is 2. The molecule has 0 bridgehead atoms. The summed E-state index contributed by atoms with van der Waals surface area (Å²) in [5.74, 6) is 0.731. The summed E-state index contributed by atoms with van der Waals surface area (Å²) in [7, 11) is -5.85. The zero-order valence-corrected chi connectivity index (χ0v) is 20.6. The fourth-order valence-corrected chi connectivity index (χ4v) is 9.13. The Balaban J connectivity index is 1.87. The Morgan fingerprint density at radius 2 is 1.94 bits per heavy atom. The Kier molecular flexibility index (Phi) is 7.69. The molecule has 3 rings (SSSR count). The highest BCUT2D eigenvalue weighted by atomic mass is 32.2. The second-order valence-electron chi connectivity index (χ2n) is 8.06. The summed E-state index contributed by atoms with van der Waals surface area (Å²) < 4.78 is 62.6. The molecule has 1 aromatic heterocycles. The Hall–Kier alpha value is -1.88. The highest BCUT2D eigenvalue weighted by molar-refractivity contribution is 7.96. The van der Waals surface area contributed by atoms with Gasteiger partial charge in [-0.1, -0.05) is 13.8 Å². The molecule has 8 nitrogen and oxygen atoms in total. The van der Waals surface area contributed by atoms with E-state index in [1.165, 1.54) is 19.2 Å². The van der Waals surface area contributed by atoms with Gasteiger partial charge >= 0.3 is 0 Å². The monoisotopic (exact) mass is 484 g/mol. The van der Waals surface area contributed by atoms with Crippen molar-refractivity contribution >= 4 is 19.7 Å². The first kappa shape index (κ1) is 24.8. The van der Waals surface area contributed by atoms with Gasteiger partial charge < -0.3 is 14.5 Å². The van der Waals surface area contributed by atoms with E-state index in [0.717, 1.165) is 18.8 Å². The Bertz CT molecular complexity index is 1110. The highest BCUT2D eigenvalue weighted by Crippen LogP contribution is 2.30. The van der Waals surface area contributed by atoms with Crippen LogP contribution in [0.15, 0.2) is 45.9 Å². The molecular weight excluding hydrogens is 452 g/mol. The highest BCUT2D eigenvalue weighted by Gasteiger charge is 2.46. The van der Waals surface area contributed by atoms with Gasteiger partial charge in [-0.25, -0.2) is 16.8 Å². The van der Waals surface area contributed by atoms with E-state index >= 15 is 0 Å². The predicted molar refractivity (Wildman–Crippen MR) is 124 cm³/mol. The molecule has 1 saturated heterocycles. The van der Waals surface area contributed by atoms with Crippen LogP contribution in [0.5, 0.6) is 5.75 Å². The van der Waals surface area contributed by atoms with Crippen molar-refractivity contribution in [2.24, 2.45) is 0 Å². The number of furan rings is 1. The van der Waals surface area contributed by atoms with Crippen molar-refractivity contribution in [1.29, 1.82) is 0 Å². The minimum Gasteiger partial charge on any atom is -0.496 e. The summed E-state index contributed by atoms with van der Waals surface area (Å²) in [6, 6.07) is 7.47. The fraction of sp³-hybridized carbons (Fsp3) is 0.545. The molecule has 1 fully saturated rings. The number of benzene rings is 1. The molecule has 0 aliphatic carbocycles. The van der Waals surface area contributed by atoms with Gasteiger partial charge in [0.05, 0.1) is 41.1 Å².